The molecule has 0 amide bonds. The van der Waals surface area contributed by atoms with Gasteiger partial charge < -0.3 is 15.7 Å². The molecule has 0 aliphatic heterocycles. The molecule has 2 aromatic rings. The molecule has 3 N–H and O–H groups in total. The number of aryl methyl sites for hydroxylation is 2. The van der Waals surface area contributed by atoms with Gasteiger partial charge in [-0.15, -0.1) is 24.0 Å². The van der Waals surface area contributed by atoms with Crippen LogP contribution in [0.25, 0.3) is 0 Å². The molecular formula is C19H26IN3O. The monoisotopic (exact) mass is 439 g/mol. The fraction of sp³-hybridized carbons (Fsp3) is 0.316. The topological polar surface area (TPSA) is 56.7 Å². The zero-order chi connectivity index (χ0) is 16.5. The number of halogens is 1. The summed E-state index contributed by atoms with van der Waals surface area (Å²) in [7, 11) is 1.78. The lowest BCUT2D eigenvalue weighted by Crippen LogP contribution is -2.37. The summed E-state index contributed by atoms with van der Waals surface area (Å²) in [4.78, 5) is 4.25. The van der Waals surface area contributed by atoms with Crippen molar-refractivity contribution in [2.45, 2.75) is 26.3 Å². The summed E-state index contributed by atoms with van der Waals surface area (Å²) in [5, 5.41) is 15.9. The van der Waals surface area contributed by atoms with Gasteiger partial charge in [0.2, 0.25) is 0 Å². The third kappa shape index (κ3) is 6.78. The van der Waals surface area contributed by atoms with Gasteiger partial charge in [-0.25, -0.2) is 0 Å². The van der Waals surface area contributed by atoms with Gasteiger partial charge in [-0.3, -0.25) is 4.99 Å². The highest BCUT2D eigenvalue weighted by Crippen LogP contribution is 2.10. The zero-order valence-corrected chi connectivity index (χ0v) is 16.6. The minimum absolute atomic E-state index is 0. The molecular weight excluding hydrogens is 413 g/mol. The summed E-state index contributed by atoms with van der Waals surface area (Å²) < 4.78 is 0. The van der Waals surface area contributed by atoms with Crippen LogP contribution < -0.4 is 10.6 Å². The maximum absolute atomic E-state index is 9.27. The van der Waals surface area contributed by atoms with Crippen molar-refractivity contribution in [1.82, 2.24) is 10.6 Å². The molecule has 0 aromatic heterocycles. The van der Waals surface area contributed by atoms with Gasteiger partial charge >= 0.3 is 0 Å². The lowest BCUT2D eigenvalue weighted by atomic mass is 10.1. The molecule has 0 aliphatic carbocycles. The normalized spacial score (nSPS) is 10.8. The second-order valence-electron chi connectivity index (χ2n) is 5.55. The van der Waals surface area contributed by atoms with Crippen molar-refractivity contribution in [3.63, 3.8) is 0 Å². The van der Waals surface area contributed by atoms with E-state index in [9.17, 15) is 5.11 Å². The number of phenols is 1. The predicted molar refractivity (Wildman–Crippen MR) is 111 cm³/mol. The highest BCUT2D eigenvalue weighted by atomic mass is 127. The molecule has 0 heterocycles. The SMILES string of the molecule is CN=C(NCCCc1ccc(O)cc1)NCc1ccccc1C.I. The molecule has 0 spiro atoms. The van der Waals surface area contributed by atoms with E-state index in [0.29, 0.717) is 5.75 Å². The zero-order valence-electron chi connectivity index (χ0n) is 14.2. The molecule has 4 nitrogen and oxygen atoms in total. The van der Waals surface area contributed by atoms with Crippen molar-refractivity contribution in [2.24, 2.45) is 4.99 Å². The van der Waals surface area contributed by atoms with E-state index in [-0.39, 0.29) is 24.0 Å². The van der Waals surface area contributed by atoms with Gasteiger partial charge in [0.1, 0.15) is 5.75 Å². The van der Waals surface area contributed by atoms with Crippen LogP contribution >= 0.6 is 24.0 Å². The largest absolute Gasteiger partial charge is 0.508 e. The number of benzene rings is 2. The predicted octanol–water partition coefficient (Wildman–Crippen LogP) is 3.62. The van der Waals surface area contributed by atoms with E-state index in [1.807, 2.05) is 12.1 Å². The first-order chi connectivity index (χ1) is 11.2. The van der Waals surface area contributed by atoms with Gasteiger partial charge in [-0.05, 0) is 48.6 Å². The van der Waals surface area contributed by atoms with Gasteiger partial charge in [0, 0.05) is 20.1 Å². The van der Waals surface area contributed by atoms with Crippen LogP contribution in [-0.2, 0) is 13.0 Å². The van der Waals surface area contributed by atoms with Gasteiger partial charge in [-0.2, -0.15) is 0 Å². The number of rotatable bonds is 6. The fourth-order valence-electron chi connectivity index (χ4n) is 2.37. The van der Waals surface area contributed by atoms with Crippen molar-refractivity contribution in [3.8, 4) is 5.75 Å². The summed E-state index contributed by atoms with van der Waals surface area (Å²) in [5.74, 6) is 1.13. The Bertz CT molecular complexity index is 641. The number of nitrogens with one attached hydrogen (secondary N) is 2. The number of hydrogen-bond donors (Lipinski definition) is 3. The Morgan fingerprint density at radius 1 is 1.04 bits per heavy atom. The summed E-state index contributed by atoms with van der Waals surface area (Å²) in [6.07, 6.45) is 1.98. The number of phenolic OH excluding ortho intramolecular Hbond substituents is 1. The van der Waals surface area contributed by atoms with E-state index in [1.165, 1.54) is 16.7 Å². The molecule has 0 saturated heterocycles. The van der Waals surface area contributed by atoms with Crippen molar-refractivity contribution < 1.29 is 5.11 Å². The summed E-state index contributed by atoms with van der Waals surface area (Å²) in [6.45, 7) is 3.74. The van der Waals surface area contributed by atoms with Crippen molar-refractivity contribution >= 4 is 29.9 Å². The third-order valence-electron chi connectivity index (χ3n) is 3.80. The lowest BCUT2D eigenvalue weighted by molar-refractivity contribution is 0.475. The molecule has 2 rings (SSSR count). The van der Waals surface area contributed by atoms with Crippen LogP contribution in [0.2, 0.25) is 0 Å². The van der Waals surface area contributed by atoms with E-state index in [1.54, 1.807) is 19.2 Å². The minimum atomic E-state index is 0. The van der Waals surface area contributed by atoms with E-state index >= 15 is 0 Å². The number of hydrogen-bond acceptors (Lipinski definition) is 2. The first-order valence-corrected chi connectivity index (χ1v) is 7.96. The Kier molecular flexibility index (Phi) is 9.22. The van der Waals surface area contributed by atoms with Crippen LogP contribution in [0.4, 0.5) is 0 Å². The molecule has 5 heteroatoms. The maximum Gasteiger partial charge on any atom is 0.191 e. The van der Waals surface area contributed by atoms with Crippen molar-refractivity contribution in [3.05, 3.63) is 65.2 Å². The van der Waals surface area contributed by atoms with Crippen LogP contribution in [0, 0.1) is 6.92 Å². The molecule has 0 atom stereocenters. The van der Waals surface area contributed by atoms with Crippen LogP contribution in [-0.4, -0.2) is 24.7 Å². The summed E-state index contributed by atoms with van der Waals surface area (Å²) in [5.41, 5.74) is 3.79. The average molecular weight is 439 g/mol. The minimum Gasteiger partial charge on any atom is -0.508 e. The maximum atomic E-state index is 9.27. The molecule has 0 aliphatic rings. The summed E-state index contributed by atoms with van der Waals surface area (Å²) >= 11 is 0. The van der Waals surface area contributed by atoms with E-state index in [4.69, 9.17) is 0 Å². The molecule has 2 aromatic carbocycles. The van der Waals surface area contributed by atoms with E-state index in [2.05, 4.69) is 46.8 Å². The molecule has 0 saturated carbocycles. The standard InChI is InChI=1S/C19H25N3O.HI/c1-15-6-3-4-8-17(15)14-22-19(20-2)21-13-5-7-16-9-11-18(23)12-10-16;/h3-4,6,8-12,23H,5,7,13-14H2,1-2H3,(H2,20,21,22);1H. The van der Waals surface area contributed by atoms with Crippen LogP contribution in [0.5, 0.6) is 5.75 Å². The lowest BCUT2D eigenvalue weighted by Gasteiger charge is -2.13. The van der Waals surface area contributed by atoms with Gasteiger partial charge in [0.05, 0.1) is 0 Å². The Hall–Kier alpha value is -1.76. The molecule has 24 heavy (non-hydrogen) atoms. The summed E-state index contributed by atoms with van der Waals surface area (Å²) in [6, 6.07) is 15.7. The number of aromatic hydroxyl groups is 1. The second kappa shape index (κ2) is 10.9. The quantitative estimate of drug-likeness (QED) is 0.279. The van der Waals surface area contributed by atoms with Gasteiger partial charge in [0.15, 0.2) is 5.96 Å². The van der Waals surface area contributed by atoms with Crippen LogP contribution in [0.15, 0.2) is 53.5 Å². The van der Waals surface area contributed by atoms with Crippen LogP contribution in [0.3, 0.4) is 0 Å². The van der Waals surface area contributed by atoms with E-state index < -0.39 is 0 Å². The highest BCUT2D eigenvalue weighted by Gasteiger charge is 2.00. The first kappa shape index (κ1) is 20.3. The smallest absolute Gasteiger partial charge is 0.191 e. The van der Waals surface area contributed by atoms with Gasteiger partial charge in [0.25, 0.3) is 0 Å². The fourth-order valence-corrected chi connectivity index (χ4v) is 2.37. The third-order valence-corrected chi connectivity index (χ3v) is 3.80. The molecule has 0 unspecified atom stereocenters. The van der Waals surface area contributed by atoms with Gasteiger partial charge in [-0.1, -0.05) is 36.4 Å². The number of guanidine groups is 1. The Balaban J connectivity index is 0.00000288. The average Bonchev–Trinajstić information content (AvgIpc) is 2.57. The highest BCUT2D eigenvalue weighted by molar-refractivity contribution is 14.0. The number of nitrogens with zero attached hydrogens (tertiary/aromatic N) is 1. The molecule has 130 valence electrons. The van der Waals surface area contributed by atoms with E-state index in [0.717, 1.165) is 31.9 Å². The molecule has 0 fully saturated rings. The Morgan fingerprint density at radius 3 is 2.42 bits per heavy atom. The first-order valence-electron chi connectivity index (χ1n) is 7.96. The molecule has 0 radical (unpaired) electrons. The Labute approximate surface area is 161 Å². The molecule has 0 bridgehead atoms. The van der Waals surface area contributed by atoms with Crippen LogP contribution in [0.1, 0.15) is 23.1 Å². The second-order valence-corrected chi connectivity index (χ2v) is 5.55. The van der Waals surface area contributed by atoms with Crippen molar-refractivity contribution in [1.29, 1.82) is 0 Å². The Morgan fingerprint density at radius 2 is 1.75 bits per heavy atom. The number of aliphatic imine (C=N–C) groups is 1. The van der Waals surface area contributed by atoms with Crippen molar-refractivity contribution in [2.75, 3.05) is 13.6 Å².